The van der Waals surface area contributed by atoms with Crippen molar-refractivity contribution in [2.45, 2.75) is 0 Å². The molecule has 0 aromatic heterocycles. The first-order chi connectivity index (χ1) is 0. The molecule has 0 saturated carbocycles. The van der Waals surface area contributed by atoms with Crippen molar-refractivity contribution >= 4 is 25.8 Å². The molecule has 0 atom stereocenters. The minimum atomic E-state index is 0. The van der Waals surface area contributed by atoms with Crippen molar-refractivity contribution < 1.29 is 72.7 Å². The maximum Gasteiger partial charge on any atom is 0.187 e. The minimum Gasteiger partial charge on any atom is 0 e. The van der Waals surface area contributed by atoms with Gasteiger partial charge in [0, 0.05) is 81.1 Å². The van der Waals surface area contributed by atoms with Crippen LogP contribution in [0, 0.1) is 0 Å². The Morgan fingerprint density at radius 3 is 1.00 bits per heavy atom. The quantitative estimate of drug-likeness (QED) is 0.435. The Balaban J connectivity index is 0. The predicted octanol–water partition coefficient (Wildman–Crippen LogP) is -1.57. The van der Waals surface area contributed by atoms with Gasteiger partial charge >= 0.3 is 0 Å². The fraction of sp³-hybridized carbons (Fsp3) is 0. The SMILES string of the molecule is [AlH3].[B].[Co].[Fe].[Ni].[Ta]. The van der Waals surface area contributed by atoms with Crippen LogP contribution >= 0.6 is 0 Å². The van der Waals surface area contributed by atoms with Gasteiger partial charge in [-0.05, 0) is 0 Å². The predicted molar refractivity (Wildman–Crippen MR) is 15.7 cm³/mol. The molecule has 6 heteroatoms. The molecule has 0 nitrogen and oxygen atoms in total. The van der Waals surface area contributed by atoms with Crippen LogP contribution in [0.4, 0.5) is 0 Å². The van der Waals surface area contributed by atoms with Crippen LogP contribution in [0.3, 0.4) is 0 Å². The summed E-state index contributed by atoms with van der Waals surface area (Å²) in [6.07, 6.45) is 0. The molecule has 0 amide bonds. The van der Waals surface area contributed by atoms with Crippen LogP contribution in [0.15, 0.2) is 0 Å². The van der Waals surface area contributed by atoms with E-state index in [2.05, 4.69) is 0 Å². The second-order valence-corrected chi connectivity index (χ2v) is 0. The zero-order valence-electron chi connectivity index (χ0n) is 2.03. The smallest absolute Gasteiger partial charge is 0 e. The van der Waals surface area contributed by atoms with Gasteiger partial charge in [-0.3, -0.25) is 0 Å². The van der Waals surface area contributed by atoms with Gasteiger partial charge in [-0.2, -0.15) is 0 Å². The molecule has 0 heterocycles. The Hall–Kier alpha value is 2.86. The summed E-state index contributed by atoms with van der Waals surface area (Å²) >= 11 is 0. The van der Waals surface area contributed by atoms with Crippen LogP contribution in [-0.4, -0.2) is 25.8 Å². The van der Waals surface area contributed by atoms with Gasteiger partial charge in [0.05, 0.1) is 0 Å². The van der Waals surface area contributed by atoms with Crippen LogP contribution in [0.2, 0.25) is 0 Å². The van der Waals surface area contributed by atoms with E-state index < -0.39 is 0 Å². The van der Waals surface area contributed by atoms with Crippen LogP contribution in [0.5, 0.6) is 0 Å². The van der Waals surface area contributed by atoms with Crippen LogP contribution in [0.25, 0.3) is 0 Å². The third kappa shape index (κ3) is 28.8. The van der Waals surface area contributed by atoms with E-state index in [0.717, 1.165) is 0 Å². The van der Waals surface area contributed by atoms with E-state index in [1.165, 1.54) is 0 Å². The molecule has 0 unspecified atom stereocenters. The molecule has 0 N–H and O–H groups in total. The van der Waals surface area contributed by atoms with Crippen molar-refractivity contribution in [2.75, 3.05) is 0 Å². The molecule has 0 saturated heterocycles. The Bertz CT molecular complexity index is 15.5. The van der Waals surface area contributed by atoms with Gasteiger partial charge in [0.25, 0.3) is 0 Å². The fourth-order valence-corrected chi connectivity index (χ4v) is 0. The normalized spacial score (nSPS) is 0. The van der Waals surface area contributed by atoms with Crippen molar-refractivity contribution in [2.24, 2.45) is 0 Å². The molecular formula is H3AlBCoFeNiTa. The minimum absolute atomic E-state index is 0. The second kappa shape index (κ2) is 45.3. The molecule has 0 fully saturated rings. The third-order valence-corrected chi connectivity index (χ3v) is 0. The number of hydrogen-bond donors (Lipinski definition) is 0. The van der Waals surface area contributed by atoms with Crippen LogP contribution < -0.4 is 0 Å². The topological polar surface area (TPSA) is 0 Å². The van der Waals surface area contributed by atoms with Crippen molar-refractivity contribution in [1.29, 1.82) is 0 Å². The van der Waals surface area contributed by atoms with Gasteiger partial charge in [-0.25, -0.2) is 0 Å². The molecule has 0 spiro atoms. The average Bonchev–Trinajstić information content (AvgIpc) is 0. The summed E-state index contributed by atoms with van der Waals surface area (Å²) in [5.41, 5.74) is 0. The van der Waals surface area contributed by atoms with E-state index in [-0.39, 0.29) is 98.5 Å². The Labute approximate surface area is 97.2 Å². The second-order valence-electron chi connectivity index (χ2n) is 0. The Kier molecular flexibility index (Phi) is 505. The van der Waals surface area contributed by atoms with Gasteiger partial charge in [-0.1, -0.05) is 0 Å². The fourth-order valence-electron chi connectivity index (χ4n) is 0. The van der Waals surface area contributed by atoms with Gasteiger partial charge < -0.3 is 0 Å². The largest absolute Gasteiger partial charge is 0.187 e. The summed E-state index contributed by atoms with van der Waals surface area (Å²) in [5, 5.41) is 0. The Morgan fingerprint density at radius 2 is 1.00 bits per heavy atom. The number of hydrogen-bond acceptors (Lipinski definition) is 0. The van der Waals surface area contributed by atoms with E-state index in [1.807, 2.05) is 0 Å². The van der Waals surface area contributed by atoms with E-state index in [0.29, 0.717) is 0 Å². The maximum atomic E-state index is 0. The maximum absolute atomic E-state index is 0. The van der Waals surface area contributed by atoms with Crippen molar-refractivity contribution in [3.05, 3.63) is 0 Å². The number of rotatable bonds is 0. The summed E-state index contributed by atoms with van der Waals surface area (Å²) in [5.74, 6) is 0. The molecule has 0 aliphatic rings. The molecule has 0 aromatic rings. The van der Waals surface area contributed by atoms with Crippen LogP contribution in [-0.2, 0) is 72.7 Å². The van der Waals surface area contributed by atoms with Crippen LogP contribution in [0.1, 0.15) is 0 Å². The third-order valence-electron chi connectivity index (χ3n) is 0. The first-order valence-electron chi connectivity index (χ1n) is 0. The van der Waals surface area contributed by atoms with Crippen molar-refractivity contribution in [3.63, 3.8) is 0 Å². The average molecular weight is 395 g/mol. The molecule has 0 rings (SSSR count). The van der Waals surface area contributed by atoms with Gasteiger partial charge in [0.2, 0.25) is 0 Å². The first kappa shape index (κ1) is 67.0. The first-order valence-corrected chi connectivity index (χ1v) is 0. The Morgan fingerprint density at radius 1 is 1.00 bits per heavy atom. The molecule has 6 heavy (non-hydrogen) atoms. The van der Waals surface area contributed by atoms with E-state index in [4.69, 9.17) is 0 Å². The van der Waals surface area contributed by atoms with E-state index in [1.54, 1.807) is 0 Å². The monoisotopic (exact) mass is 395 g/mol. The summed E-state index contributed by atoms with van der Waals surface area (Å²) in [7, 11) is 0. The molecule has 41 valence electrons. The molecule has 0 bridgehead atoms. The zero-order chi connectivity index (χ0) is 0. The molecule has 0 aliphatic carbocycles. The van der Waals surface area contributed by atoms with E-state index >= 15 is 0 Å². The summed E-state index contributed by atoms with van der Waals surface area (Å²) in [6, 6.07) is 0. The molecule has 0 aliphatic heterocycles. The summed E-state index contributed by atoms with van der Waals surface area (Å²) < 4.78 is 0. The van der Waals surface area contributed by atoms with Gasteiger partial charge in [0.1, 0.15) is 0 Å². The van der Waals surface area contributed by atoms with Gasteiger partial charge in [-0.15, -0.1) is 0 Å². The zero-order valence-corrected chi connectivity index (χ0v) is 8.37. The molecule has 5 radical (unpaired) electrons. The van der Waals surface area contributed by atoms with Crippen molar-refractivity contribution in [3.8, 4) is 0 Å². The van der Waals surface area contributed by atoms with E-state index in [9.17, 15) is 0 Å². The van der Waals surface area contributed by atoms with Gasteiger partial charge in [0.15, 0.2) is 17.4 Å². The molecular weight excluding hydrogens is 392 g/mol. The summed E-state index contributed by atoms with van der Waals surface area (Å²) in [6.45, 7) is 0. The van der Waals surface area contributed by atoms with Crippen molar-refractivity contribution in [1.82, 2.24) is 0 Å². The molecule has 0 aromatic carbocycles. The summed E-state index contributed by atoms with van der Waals surface area (Å²) in [4.78, 5) is 0. The standard InChI is InChI=1S/Al.B.Co.Fe.Ni.Ta.3H.